The highest BCUT2D eigenvalue weighted by Gasteiger charge is 2.10. The Morgan fingerprint density at radius 2 is 2.05 bits per heavy atom. The molecule has 0 unspecified atom stereocenters. The third-order valence-corrected chi connectivity index (χ3v) is 3.17. The summed E-state index contributed by atoms with van der Waals surface area (Å²) in [6.07, 6.45) is 0. The fourth-order valence-electron chi connectivity index (χ4n) is 1.59. The van der Waals surface area contributed by atoms with E-state index in [4.69, 9.17) is 4.74 Å². The van der Waals surface area contributed by atoms with E-state index in [0.29, 0.717) is 17.0 Å². The molecule has 1 amide bonds. The van der Waals surface area contributed by atoms with E-state index in [2.05, 4.69) is 27.9 Å². The predicted octanol–water partition coefficient (Wildman–Crippen LogP) is 3.69. The minimum atomic E-state index is -0.413. The van der Waals surface area contributed by atoms with Gasteiger partial charge in [-0.1, -0.05) is 6.07 Å². The molecule has 0 atom stereocenters. The first kappa shape index (κ1) is 13.8. The highest BCUT2D eigenvalue weighted by Crippen LogP contribution is 2.25. The Morgan fingerprint density at radius 3 is 2.74 bits per heavy atom. The van der Waals surface area contributed by atoms with Crippen molar-refractivity contribution in [2.45, 2.75) is 0 Å². The molecule has 3 nitrogen and oxygen atoms in total. The summed E-state index contributed by atoms with van der Waals surface area (Å²) in [7, 11) is 1.43. The van der Waals surface area contributed by atoms with E-state index in [9.17, 15) is 9.18 Å². The van der Waals surface area contributed by atoms with Crippen molar-refractivity contribution >= 4 is 34.2 Å². The summed E-state index contributed by atoms with van der Waals surface area (Å²) in [6.45, 7) is 0. The highest BCUT2D eigenvalue weighted by molar-refractivity contribution is 14.1. The summed E-state index contributed by atoms with van der Waals surface area (Å²) in [5.41, 5.74) is 0.978. The Hall–Kier alpha value is -1.63. The number of nitrogens with one attached hydrogen (secondary N) is 1. The third-order valence-electron chi connectivity index (χ3n) is 2.50. The maximum atomic E-state index is 13.1. The molecule has 98 valence electrons. The molecule has 2 aromatic carbocycles. The van der Waals surface area contributed by atoms with Crippen LogP contribution in [0.3, 0.4) is 0 Å². The largest absolute Gasteiger partial charge is 0.494 e. The smallest absolute Gasteiger partial charge is 0.255 e. The van der Waals surface area contributed by atoms with Gasteiger partial charge < -0.3 is 10.1 Å². The quantitative estimate of drug-likeness (QED) is 0.836. The van der Waals surface area contributed by atoms with Crippen LogP contribution in [-0.4, -0.2) is 13.0 Å². The Balaban J connectivity index is 2.24. The fourth-order valence-corrected chi connectivity index (χ4v) is 2.14. The van der Waals surface area contributed by atoms with Crippen LogP contribution in [0.1, 0.15) is 10.4 Å². The topological polar surface area (TPSA) is 38.3 Å². The zero-order valence-electron chi connectivity index (χ0n) is 10.1. The van der Waals surface area contributed by atoms with E-state index >= 15 is 0 Å². The molecule has 0 bridgehead atoms. The van der Waals surface area contributed by atoms with E-state index < -0.39 is 5.82 Å². The van der Waals surface area contributed by atoms with Gasteiger partial charge in [-0.25, -0.2) is 4.39 Å². The number of ether oxygens (including phenoxy) is 1. The van der Waals surface area contributed by atoms with Crippen LogP contribution in [0, 0.1) is 9.39 Å². The molecule has 0 spiro atoms. The van der Waals surface area contributed by atoms with Gasteiger partial charge in [0.1, 0.15) is 11.6 Å². The lowest BCUT2D eigenvalue weighted by Gasteiger charge is -2.10. The number of halogens is 2. The fraction of sp³-hybridized carbons (Fsp3) is 0.0714. The van der Waals surface area contributed by atoms with Gasteiger partial charge in [0.15, 0.2) is 0 Å². The van der Waals surface area contributed by atoms with Gasteiger partial charge in [0.25, 0.3) is 5.91 Å². The first-order valence-electron chi connectivity index (χ1n) is 5.50. The Bertz CT molecular complexity index is 616. The van der Waals surface area contributed by atoms with Crippen LogP contribution < -0.4 is 10.1 Å². The second kappa shape index (κ2) is 6.01. The summed E-state index contributed by atoms with van der Waals surface area (Å²) in [5, 5.41) is 2.70. The van der Waals surface area contributed by atoms with Crippen LogP contribution >= 0.6 is 22.6 Å². The molecule has 1 N–H and O–H groups in total. The first-order valence-corrected chi connectivity index (χ1v) is 6.58. The molecule has 0 radical (unpaired) electrons. The molecule has 0 aliphatic carbocycles. The Labute approximate surface area is 123 Å². The number of carbonyl (C=O) groups is 1. The molecule has 19 heavy (non-hydrogen) atoms. The SMILES string of the molecule is COc1cc(F)ccc1NC(=O)c1cccc(I)c1. The molecule has 5 heteroatoms. The van der Waals surface area contributed by atoms with E-state index in [0.717, 1.165) is 3.57 Å². The van der Waals surface area contributed by atoms with Crippen LogP contribution in [0.5, 0.6) is 5.75 Å². The van der Waals surface area contributed by atoms with Crippen molar-refractivity contribution in [1.29, 1.82) is 0 Å². The standard InChI is InChI=1S/C14H11FINO2/c1-19-13-8-10(15)5-6-12(13)17-14(18)9-3-2-4-11(16)7-9/h2-8H,1H3,(H,17,18). The molecular formula is C14H11FINO2. The number of amides is 1. The second-order valence-corrected chi connectivity index (χ2v) is 5.05. The highest BCUT2D eigenvalue weighted by atomic mass is 127. The monoisotopic (exact) mass is 371 g/mol. The van der Waals surface area contributed by atoms with Gasteiger partial charge in [0.05, 0.1) is 12.8 Å². The van der Waals surface area contributed by atoms with E-state index in [1.807, 2.05) is 6.07 Å². The number of rotatable bonds is 3. The number of carbonyl (C=O) groups excluding carboxylic acids is 1. The number of benzene rings is 2. The molecular weight excluding hydrogens is 360 g/mol. The maximum Gasteiger partial charge on any atom is 0.255 e. The van der Waals surface area contributed by atoms with E-state index in [1.165, 1.54) is 25.3 Å². The molecule has 2 aromatic rings. The van der Waals surface area contributed by atoms with Crippen molar-refractivity contribution < 1.29 is 13.9 Å². The number of hydrogen-bond acceptors (Lipinski definition) is 2. The summed E-state index contributed by atoms with van der Waals surface area (Å²) in [5.74, 6) is -0.383. The molecule has 2 rings (SSSR count). The van der Waals surface area contributed by atoms with Gasteiger partial charge >= 0.3 is 0 Å². The molecule has 0 aliphatic heterocycles. The van der Waals surface area contributed by atoms with Crippen molar-refractivity contribution in [2.75, 3.05) is 12.4 Å². The van der Waals surface area contributed by atoms with Crippen molar-refractivity contribution in [1.82, 2.24) is 0 Å². The van der Waals surface area contributed by atoms with E-state index in [1.54, 1.807) is 18.2 Å². The van der Waals surface area contributed by atoms with Crippen LogP contribution in [0.4, 0.5) is 10.1 Å². The Morgan fingerprint density at radius 1 is 1.26 bits per heavy atom. The van der Waals surface area contributed by atoms with Gasteiger partial charge in [-0.15, -0.1) is 0 Å². The minimum Gasteiger partial charge on any atom is -0.494 e. The van der Waals surface area contributed by atoms with Crippen molar-refractivity contribution in [2.24, 2.45) is 0 Å². The van der Waals surface area contributed by atoms with Crippen LogP contribution in [-0.2, 0) is 0 Å². The average molecular weight is 371 g/mol. The van der Waals surface area contributed by atoms with Crippen molar-refractivity contribution in [3.63, 3.8) is 0 Å². The molecule has 0 heterocycles. The summed E-state index contributed by atoms with van der Waals surface area (Å²) in [4.78, 5) is 12.1. The number of hydrogen-bond donors (Lipinski definition) is 1. The van der Waals surface area contributed by atoms with E-state index in [-0.39, 0.29) is 5.91 Å². The lowest BCUT2D eigenvalue weighted by atomic mass is 10.2. The summed E-state index contributed by atoms with van der Waals surface area (Å²) >= 11 is 2.13. The van der Waals surface area contributed by atoms with Crippen molar-refractivity contribution in [3.05, 3.63) is 57.4 Å². The summed E-state index contributed by atoms with van der Waals surface area (Å²) < 4.78 is 19.1. The lowest BCUT2D eigenvalue weighted by Crippen LogP contribution is -2.12. The molecule has 0 saturated heterocycles. The molecule has 0 aliphatic rings. The van der Waals surface area contributed by atoms with Gasteiger partial charge in [-0.2, -0.15) is 0 Å². The van der Waals surface area contributed by atoms with Gasteiger partial charge in [0.2, 0.25) is 0 Å². The Kier molecular flexibility index (Phi) is 4.36. The van der Waals surface area contributed by atoms with Gasteiger partial charge in [-0.05, 0) is 52.9 Å². The van der Waals surface area contributed by atoms with Crippen molar-refractivity contribution in [3.8, 4) is 5.75 Å². The van der Waals surface area contributed by atoms with Crippen LogP contribution in [0.25, 0.3) is 0 Å². The van der Waals surface area contributed by atoms with Gasteiger partial charge in [-0.3, -0.25) is 4.79 Å². The zero-order valence-corrected chi connectivity index (χ0v) is 12.3. The second-order valence-electron chi connectivity index (χ2n) is 3.81. The number of methoxy groups -OCH3 is 1. The molecule has 0 aromatic heterocycles. The average Bonchev–Trinajstić information content (AvgIpc) is 2.40. The maximum absolute atomic E-state index is 13.1. The molecule has 0 saturated carbocycles. The minimum absolute atomic E-state index is 0.261. The first-order chi connectivity index (χ1) is 9.10. The molecule has 0 fully saturated rings. The van der Waals surface area contributed by atoms with Crippen LogP contribution in [0.2, 0.25) is 0 Å². The zero-order chi connectivity index (χ0) is 13.8. The normalized spacial score (nSPS) is 10.1. The predicted molar refractivity (Wildman–Crippen MR) is 80.1 cm³/mol. The third kappa shape index (κ3) is 3.44. The van der Waals surface area contributed by atoms with Gasteiger partial charge in [0, 0.05) is 15.2 Å². The number of anilines is 1. The lowest BCUT2D eigenvalue weighted by molar-refractivity contribution is 0.102. The van der Waals surface area contributed by atoms with Crippen LogP contribution in [0.15, 0.2) is 42.5 Å². The summed E-state index contributed by atoms with van der Waals surface area (Å²) in [6, 6.07) is 11.2.